The van der Waals surface area contributed by atoms with Crippen molar-refractivity contribution in [2.24, 2.45) is 7.05 Å². The monoisotopic (exact) mass is 256 g/mol. The Hall–Kier alpha value is -2.30. The summed E-state index contributed by atoms with van der Waals surface area (Å²) in [6.45, 7) is 3.67. The molecular formula is C14H16N4O. The summed E-state index contributed by atoms with van der Waals surface area (Å²) >= 11 is 0. The first-order valence-electron chi connectivity index (χ1n) is 6.34. The van der Waals surface area contributed by atoms with Gasteiger partial charge in [0.05, 0.1) is 12.7 Å². The number of fused-ring (bicyclic) bond motifs is 1. The lowest BCUT2D eigenvalue weighted by Crippen LogP contribution is -2.21. The molecule has 0 saturated heterocycles. The number of rotatable bonds is 4. The van der Waals surface area contributed by atoms with E-state index >= 15 is 0 Å². The molecule has 0 unspecified atom stereocenters. The van der Waals surface area contributed by atoms with E-state index < -0.39 is 0 Å². The fourth-order valence-corrected chi connectivity index (χ4v) is 2.08. The van der Waals surface area contributed by atoms with Crippen molar-refractivity contribution in [2.75, 3.05) is 11.4 Å². The predicted molar refractivity (Wildman–Crippen MR) is 73.9 cm³/mol. The number of para-hydroxylation sites is 2. The van der Waals surface area contributed by atoms with Gasteiger partial charge in [0.25, 0.3) is 6.01 Å². The van der Waals surface area contributed by atoms with Crippen molar-refractivity contribution in [3.05, 3.63) is 42.2 Å². The zero-order chi connectivity index (χ0) is 13.2. The van der Waals surface area contributed by atoms with E-state index in [4.69, 9.17) is 4.42 Å². The summed E-state index contributed by atoms with van der Waals surface area (Å²) in [5, 5.41) is 4.18. The van der Waals surface area contributed by atoms with Gasteiger partial charge in [-0.3, -0.25) is 4.68 Å². The number of oxazole rings is 1. The lowest BCUT2D eigenvalue weighted by atomic mass is 10.3. The largest absolute Gasteiger partial charge is 0.423 e. The highest BCUT2D eigenvalue weighted by Gasteiger charge is 2.13. The smallest absolute Gasteiger partial charge is 0.298 e. The number of hydrogen-bond acceptors (Lipinski definition) is 4. The Morgan fingerprint density at radius 3 is 2.84 bits per heavy atom. The second kappa shape index (κ2) is 4.76. The third kappa shape index (κ3) is 2.31. The van der Waals surface area contributed by atoms with Crippen LogP contribution in [0.3, 0.4) is 0 Å². The van der Waals surface area contributed by atoms with E-state index in [1.165, 1.54) is 0 Å². The van der Waals surface area contributed by atoms with Gasteiger partial charge in [0.1, 0.15) is 5.52 Å². The van der Waals surface area contributed by atoms with Crippen molar-refractivity contribution < 1.29 is 4.42 Å². The minimum absolute atomic E-state index is 0.660. The van der Waals surface area contributed by atoms with Crippen LogP contribution in [0.4, 0.5) is 6.01 Å². The van der Waals surface area contributed by atoms with E-state index in [-0.39, 0.29) is 0 Å². The Balaban J connectivity index is 1.88. The molecule has 19 heavy (non-hydrogen) atoms. The lowest BCUT2D eigenvalue weighted by Gasteiger charge is -2.16. The Bertz CT molecular complexity index is 652. The van der Waals surface area contributed by atoms with Gasteiger partial charge >= 0.3 is 0 Å². The summed E-state index contributed by atoms with van der Waals surface area (Å²) in [4.78, 5) is 6.61. The maximum Gasteiger partial charge on any atom is 0.298 e. The van der Waals surface area contributed by atoms with Crippen molar-refractivity contribution in [1.29, 1.82) is 0 Å². The van der Waals surface area contributed by atoms with Gasteiger partial charge in [-0.1, -0.05) is 12.1 Å². The molecule has 1 aromatic carbocycles. The fraction of sp³-hybridized carbons (Fsp3) is 0.286. The van der Waals surface area contributed by atoms with E-state index in [0.29, 0.717) is 6.01 Å². The predicted octanol–water partition coefficient (Wildman–Crippen LogP) is 2.59. The molecule has 0 spiro atoms. The second-order valence-corrected chi connectivity index (χ2v) is 4.50. The molecule has 0 bridgehead atoms. The van der Waals surface area contributed by atoms with Crippen LogP contribution in [-0.2, 0) is 13.6 Å². The molecule has 0 aliphatic rings. The number of anilines is 1. The zero-order valence-corrected chi connectivity index (χ0v) is 11.1. The summed E-state index contributed by atoms with van der Waals surface area (Å²) in [6, 6.07) is 8.47. The van der Waals surface area contributed by atoms with Gasteiger partial charge in [-0.2, -0.15) is 10.1 Å². The minimum Gasteiger partial charge on any atom is -0.423 e. The number of hydrogen-bond donors (Lipinski definition) is 0. The van der Waals surface area contributed by atoms with Crippen molar-refractivity contribution >= 4 is 17.1 Å². The van der Waals surface area contributed by atoms with Crippen molar-refractivity contribution in [3.63, 3.8) is 0 Å². The van der Waals surface area contributed by atoms with Gasteiger partial charge in [-0.25, -0.2) is 0 Å². The van der Waals surface area contributed by atoms with E-state index in [0.717, 1.165) is 29.8 Å². The second-order valence-electron chi connectivity index (χ2n) is 4.50. The third-order valence-corrected chi connectivity index (χ3v) is 3.07. The third-order valence-electron chi connectivity index (χ3n) is 3.07. The van der Waals surface area contributed by atoms with Crippen LogP contribution in [0.15, 0.2) is 41.1 Å². The molecule has 0 aliphatic carbocycles. The normalized spacial score (nSPS) is 11.1. The van der Waals surface area contributed by atoms with Crippen LogP contribution in [0.1, 0.15) is 12.5 Å². The van der Waals surface area contributed by atoms with E-state index in [1.807, 2.05) is 43.7 Å². The van der Waals surface area contributed by atoms with Gasteiger partial charge in [-0.05, 0) is 19.1 Å². The Morgan fingerprint density at radius 2 is 2.16 bits per heavy atom. The van der Waals surface area contributed by atoms with Crippen LogP contribution >= 0.6 is 0 Å². The summed E-state index contributed by atoms with van der Waals surface area (Å²) in [7, 11) is 1.92. The molecule has 2 aromatic heterocycles. The Morgan fingerprint density at radius 1 is 1.32 bits per heavy atom. The summed E-state index contributed by atoms with van der Waals surface area (Å²) in [5.41, 5.74) is 2.86. The van der Waals surface area contributed by atoms with Crippen LogP contribution in [-0.4, -0.2) is 21.3 Å². The molecule has 0 fully saturated rings. The van der Waals surface area contributed by atoms with Gasteiger partial charge in [0, 0.05) is 25.4 Å². The number of benzene rings is 1. The van der Waals surface area contributed by atoms with Gasteiger partial charge < -0.3 is 9.32 Å². The number of aromatic nitrogens is 3. The molecule has 5 nitrogen and oxygen atoms in total. The zero-order valence-electron chi connectivity index (χ0n) is 11.1. The SMILES string of the molecule is CCN(Cc1cnn(C)c1)c1nc2ccccc2o1. The molecule has 2 heterocycles. The molecule has 0 atom stereocenters. The molecule has 0 radical (unpaired) electrons. The highest BCUT2D eigenvalue weighted by atomic mass is 16.4. The maximum atomic E-state index is 5.79. The average molecular weight is 256 g/mol. The van der Waals surface area contributed by atoms with Crippen LogP contribution in [0.5, 0.6) is 0 Å². The first-order chi connectivity index (χ1) is 9.26. The highest BCUT2D eigenvalue weighted by molar-refractivity contribution is 5.74. The van der Waals surface area contributed by atoms with Crippen LogP contribution in [0.25, 0.3) is 11.1 Å². The molecule has 3 aromatic rings. The Labute approximate surface area is 111 Å². The first kappa shape index (κ1) is 11.8. The van der Waals surface area contributed by atoms with Gasteiger partial charge in [0.15, 0.2) is 5.58 Å². The van der Waals surface area contributed by atoms with Crippen molar-refractivity contribution in [2.45, 2.75) is 13.5 Å². The average Bonchev–Trinajstić information content (AvgIpc) is 3.01. The van der Waals surface area contributed by atoms with Crippen LogP contribution < -0.4 is 4.90 Å². The molecule has 3 rings (SSSR count). The minimum atomic E-state index is 0.660. The molecule has 0 aliphatic heterocycles. The topological polar surface area (TPSA) is 47.1 Å². The van der Waals surface area contributed by atoms with Crippen molar-refractivity contribution in [1.82, 2.24) is 14.8 Å². The Kier molecular flexibility index (Phi) is 2.95. The molecule has 0 saturated carbocycles. The molecule has 0 N–H and O–H groups in total. The number of nitrogens with zero attached hydrogens (tertiary/aromatic N) is 4. The van der Waals surface area contributed by atoms with E-state index in [1.54, 1.807) is 4.68 Å². The van der Waals surface area contributed by atoms with Gasteiger partial charge in [0.2, 0.25) is 0 Å². The van der Waals surface area contributed by atoms with Crippen molar-refractivity contribution in [3.8, 4) is 0 Å². The highest BCUT2D eigenvalue weighted by Crippen LogP contribution is 2.22. The summed E-state index contributed by atoms with van der Waals surface area (Å²) in [6.07, 6.45) is 3.87. The first-order valence-corrected chi connectivity index (χ1v) is 6.34. The fourth-order valence-electron chi connectivity index (χ4n) is 2.08. The lowest BCUT2D eigenvalue weighted by molar-refractivity contribution is 0.569. The van der Waals surface area contributed by atoms with Crippen LogP contribution in [0.2, 0.25) is 0 Å². The molecule has 98 valence electrons. The summed E-state index contributed by atoms with van der Waals surface area (Å²) in [5.74, 6) is 0. The van der Waals surface area contributed by atoms with Gasteiger partial charge in [-0.15, -0.1) is 0 Å². The maximum absolute atomic E-state index is 5.79. The van der Waals surface area contributed by atoms with Crippen LogP contribution in [0, 0.1) is 0 Å². The van der Waals surface area contributed by atoms with E-state index in [2.05, 4.69) is 21.9 Å². The molecular weight excluding hydrogens is 240 g/mol. The quantitative estimate of drug-likeness (QED) is 0.720. The van der Waals surface area contributed by atoms with E-state index in [9.17, 15) is 0 Å². The molecule has 0 amide bonds. The summed E-state index contributed by atoms with van der Waals surface area (Å²) < 4.78 is 7.59. The molecule has 5 heteroatoms. The standard InChI is InChI=1S/C14H16N4O/c1-3-18(10-11-8-15-17(2)9-11)14-16-12-6-4-5-7-13(12)19-14/h4-9H,3,10H2,1-2H3. The number of aryl methyl sites for hydroxylation is 1.